The van der Waals surface area contributed by atoms with Crippen molar-refractivity contribution in [1.82, 2.24) is 15.0 Å². The second kappa shape index (κ2) is 4.46. The summed E-state index contributed by atoms with van der Waals surface area (Å²) < 4.78 is 31.0. The zero-order valence-corrected chi connectivity index (χ0v) is 8.95. The number of nitrogens with zero attached hydrogens (tertiary/aromatic N) is 3. The van der Waals surface area contributed by atoms with Crippen LogP contribution in [-0.4, -0.2) is 15.0 Å². The van der Waals surface area contributed by atoms with Crippen LogP contribution >= 0.6 is 11.6 Å². The number of benzene rings is 1. The molecule has 0 unspecified atom stereocenters. The van der Waals surface area contributed by atoms with E-state index in [4.69, 9.17) is 22.1 Å². The summed E-state index contributed by atoms with van der Waals surface area (Å²) in [5.41, 5.74) is 5.29. The van der Waals surface area contributed by atoms with Crippen LogP contribution in [0.25, 0.3) is 0 Å². The van der Waals surface area contributed by atoms with E-state index in [0.717, 1.165) is 6.07 Å². The van der Waals surface area contributed by atoms with E-state index >= 15 is 0 Å². The molecule has 2 aromatic rings. The molecule has 0 bridgehead atoms. The maximum absolute atomic E-state index is 13.3. The minimum atomic E-state index is -1.15. The van der Waals surface area contributed by atoms with E-state index in [-0.39, 0.29) is 23.0 Å². The quantitative estimate of drug-likeness (QED) is 0.894. The molecule has 0 fully saturated rings. The number of halogens is 3. The molecule has 17 heavy (non-hydrogen) atoms. The molecule has 0 spiro atoms. The monoisotopic (exact) mass is 258 g/mol. The largest absolute Gasteiger partial charge is 0.421 e. The van der Waals surface area contributed by atoms with Gasteiger partial charge in [0, 0.05) is 0 Å². The van der Waals surface area contributed by atoms with Crippen molar-refractivity contribution >= 4 is 17.5 Å². The zero-order valence-electron chi connectivity index (χ0n) is 8.19. The van der Waals surface area contributed by atoms with Gasteiger partial charge in [-0.15, -0.1) is 0 Å². The molecule has 88 valence electrons. The first-order valence-electron chi connectivity index (χ1n) is 4.35. The molecule has 1 heterocycles. The molecule has 0 aliphatic carbocycles. The van der Waals surface area contributed by atoms with Gasteiger partial charge in [0.05, 0.1) is 0 Å². The van der Waals surface area contributed by atoms with Crippen LogP contribution in [0.5, 0.6) is 11.8 Å². The van der Waals surface area contributed by atoms with Crippen LogP contribution in [0.2, 0.25) is 5.28 Å². The number of aromatic nitrogens is 3. The van der Waals surface area contributed by atoms with E-state index in [0.29, 0.717) is 0 Å². The highest BCUT2D eigenvalue weighted by Crippen LogP contribution is 2.24. The topological polar surface area (TPSA) is 73.9 Å². The normalized spacial score (nSPS) is 10.3. The van der Waals surface area contributed by atoms with Gasteiger partial charge >= 0.3 is 6.01 Å². The minimum absolute atomic E-state index is 0.184. The van der Waals surface area contributed by atoms with Crippen LogP contribution in [0.15, 0.2) is 18.2 Å². The molecule has 0 amide bonds. The Hall–Kier alpha value is -2.02. The molecule has 1 aromatic carbocycles. The number of ether oxygens (including phenoxy) is 1. The van der Waals surface area contributed by atoms with E-state index in [2.05, 4.69) is 15.0 Å². The number of rotatable bonds is 2. The number of anilines is 1. The fraction of sp³-hybridized carbons (Fsp3) is 0. The average Bonchev–Trinajstić information content (AvgIpc) is 2.23. The highest BCUT2D eigenvalue weighted by atomic mass is 35.5. The number of hydrogen-bond acceptors (Lipinski definition) is 5. The zero-order chi connectivity index (χ0) is 12.4. The maximum atomic E-state index is 13.3. The Morgan fingerprint density at radius 2 is 1.94 bits per heavy atom. The lowest BCUT2D eigenvalue weighted by Gasteiger charge is -2.05. The van der Waals surface area contributed by atoms with Gasteiger partial charge in [-0.25, -0.2) is 4.39 Å². The maximum Gasteiger partial charge on any atom is 0.328 e. The molecule has 8 heteroatoms. The van der Waals surface area contributed by atoms with Gasteiger partial charge in [-0.05, 0) is 23.7 Å². The summed E-state index contributed by atoms with van der Waals surface area (Å²) in [5, 5.41) is -0.204. The molecule has 0 radical (unpaired) electrons. The van der Waals surface area contributed by atoms with Gasteiger partial charge in [-0.3, -0.25) is 0 Å². The molecular weight excluding hydrogens is 254 g/mol. The molecule has 0 saturated carbocycles. The molecule has 1 aromatic heterocycles. The summed E-state index contributed by atoms with van der Waals surface area (Å²) in [6.45, 7) is 0. The van der Waals surface area contributed by atoms with E-state index in [1.165, 1.54) is 12.1 Å². The number of hydrogen-bond donors (Lipinski definition) is 1. The van der Waals surface area contributed by atoms with Crippen LogP contribution < -0.4 is 10.5 Å². The lowest BCUT2D eigenvalue weighted by Crippen LogP contribution is -2.01. The highest BCUT2D eigenvalue weighted by Gasteiger charge is 2.12. The summed E-state index contributed by atoms with van der Waals surface area (Å²) in [6.07, 6.45) is 0. The Morgan fingerprint density at radius 1 is 1.18 bits per heavy atom. The summed E-state index contributed by atoms with van der Waals surface area (Å²) in [6, 6.07) is 3.13. The van der Waals surface area contributed by atoms with Crippen LogP contribution in [0, 0.1) is 11.6 Å². The second-order valence-corrected chi connectivity index (χ2v) is 3.24. The Kier molecular flexibility index (Phi) is 3.01. The van der Waals surface area contributed by atoms with Crippen molar-refractivity contribution in [1.29, 1.82) is 0 Å². The van der Waals surface area contributed by atoms with Gasteiger partial charge in [0.25, 0.3) is 0 Å². The SMILES string of the molecule is Nc1nc(Cl)nc(Oc2cccc(F)c2F)n1. The standard InChI is InChI=1S/C9H5ClF2N4O/c10-7-14-8(13)16-9(15-7)17-5-3-1-2-4(11)6(5)12/h1-3H,(H2,13,14,15,16). The van der Waals surface area contributed by atoms with Crippen molar-refractivity contribution in [2.24, 2.45) is 0 Å². The predicted molar refractivity (Wildman–Crippen MR) is 55.7 cm³/mol. The Morgan fingerprint density at radius 3 is 2.65 bits per heavy atom. The van der Waals surface area contributed by atoms with E-state index in [1.807, 2.05) is 0 Å². The van der Waals surface area contributed by atoms with Crippen molar-refractivity contribution < 1.29 is 13.5 Å². The number of nitrogens with two attached hydrogens (primary N) is 1. The fourth-order valence-electron chi connectivity index (χ4n) is 1.05. The van der Waals surface area contributed by atoms with Gasteiger partial charge in [0.2, 0.25) is 17.0 Å². The van der Waals surface area contributed by atoms with E-state index in [1.54, 1.807) is 0 Å². The molecule has 2 rings (SSSR count). The Balaban J connectivity index is 2.34. The smallest absolute Gasteiger partial charge is 0.328 e. The van der Waals surface area contributed by atoms with Crippen molar-refractivity contribution in [3.05, 3.63) is 35.1 Å². The first-order chi connectivity index (χ1) is 8.06. The van der Waals surface area contributed by atoms with Gasteiger partial charge in [-0.1, -0.05) is 6.07 Å². The number of nitrogen functional groups attached to an aromatic ring is 1. The third kappa shape index (κ3) is 2.56. The van der Waals surface area contributed by atoms with Crippen LogP contribution in [0.3, 0.4) is 0 Å². The lowest BCUT2D eigenvalue weighted by molar-refractivity contribution is 0.392. The molecule has 0 atom stereocenters. The molecule has 2 N–H and O–H groups in total. The minimum Gasteiger partial charge on any atom is -0.421 e. The van der Waals surface area contributed by atoms with Crippen LogP contribution in [0.4, 0.5) is 14.7 Å². The highest BCUT2D eigenvalue weighted by molar-refractivity contribution is 6.28. The lowest BCUT2D eigenvalue weighted by atomic mass is 10.3. The van der Waals surface area contributed by atoms with E-state index in [9.17, 15) is 8.78 Å². The van der Waals surface area contributed by atoms with Gasteiger partial charge in [0.15, 0.2) is 11.6 Å². The van der Waals surface area contributed by atoms with Crippen molar-refractivity contribution in [2.75, 3.05) is 5.73 Å². The molecule has 0 saturated heterocycles. The summed E-state index contributed by atoms with van der Waals surface area (Å²) in [5.74, 6) is -2.75. The third-order valence-corrected chi connectivity index (χ3v) is 1.89. The second-order valence-electron chi connectivity index (χ2n) is 2.90. The average molecular weight is 259 g/mol. The van der Waals surface area contributed by atoms with E-state index < -0.39 is 11.6 Å². The summed E-state index contributed by atoms with van der Waals surface area (Å²) >= 11 is 5.50. The van der Waals surface area contributed by atoms with Crippen LogP contribution in [0.1, 0.15) is 0 Å². The summed E-state index contributed by atoms with van der Waals surface area (Å²) in [7, 11) is 0. The van der Waals surface area contributed by atoms with Gasteiger partial charge in [-0.2, -0.15) is 19.3 Å². The van der Waals surface area contributed by atoms with Crippen LogP contribution in [-0.2, 0) is 0 Å². The van der Waals surface area contributed by atoms with Crippen molar-refractivity contribution in [2.45, 2.75) is 0 Å². The Bertz CT molecular complexity index is 546. The van der Waals surface area contributed by atoms with Crippen molar-refractivity contribution in [3.8, 4) is 11.8 Å². The predicted octanol–water partition coefficient (Wildman–Crippen LogP) is 2.18. The molecule has 5 nitrogen and oxygen atoms in total. The Labute approximate surface area is 99.2 Å². The first kappa shape index (κ1) is 11.5. The third-order valence-electron chi connectivity index (χ3n) is 1.72. The fourth-order valence-corrected chi connectivity index (χ4v) is 1.21. The first-order valence-corrected chi connectivity index (χ1v) is 4.73. The van der Waals surface area contributed by atoms with Crippen molar-refractivity contribution in [3.63, 3.8) is 0 Å². The van der Waals surface area contributed by atoms with Gasteiger partial charge in [0.1, 0.15) is 0 Å². The molecule has 0 aliphatic rings. The van der Waals surface area contributed by atoms with Gasteiger partial charge < -0.3 is 10.5 Å². The molecular formula is C9H5ClF2N4O. The molecule has 0 aliphatic heterocycles. The summed E-state index contributed by atoms with van der Waals surface area (Å²) in [4.78, 5) is 10.6.